The lowest BCUT2D eigenvalue weighted by molar-refractivity contribution is -0.128. The Morgan fingerprint density at radius 3 is 2.53 bits per heavy atom. The summed E-state index contributed by atoms with van der Waals surface area (Å²) in [5.74, 6) is -0.249. The maximum atomic E-state index is 11.3. The zero-order chi connectivity index (χ0) is 14.4. The van der Waals surface area contributed by atoms with Gasteiger partial charge in [-0.05, 0) is 37.1 Å². The summed E-state index contributed by atoms with van der Waals surface area (Å²) in [6.07, 6.45) is 1.08. The first-order chi connectivity index (χ1) is 8.91. The molecule has 0 heterocycles. The highest BCUT2D eigenvalue weighted by atomic mass is 16.5. The number of benzene rings is 1. The maximum absolute atomic E-state index is 11.3. The molecule has 0 aromatic heterocycles. The molecule has 0 aliphatic heterocycles. The van der Waals surface area contributed by atoms with Crippen LogP contribution in [0.15, 0.2) is 18.2 Å². The van der Waals surface area contributed by atoms with E-state index in [9.17, 15) is 9.59 Å². The van der Waals surface area contributed by atoms with Crippen molar-refractivity contribution >= 4 is 11.9 Å². The summed E-state index contributed by atoms with van der Waals surface area (Å²) in [5, 5.41) is 8.90. The molecule has 0 radical (unpaired) electrons. The molecule has 19 heavy (non-hydrogen) atoms. The average molecular weight is 265 g/mol. The van der Waals surface area contributed by atoms with Crippen molar-refractivity contribution in [1.29, 1.82) is 0 Å². The molecule has 1 aromatic rings. The summed E-state index contributed by atoms with van der Waals surface area (Å²) in [6, 6.07) is 4.85. The maximum Gasteiger partial charge on any atom is 0.335 e. The van der Waals surface area contributed by atoms with Crippen molar-refractivity contribution in [3.05, 3.63) is 29.3 Å². The number of carboxylic acids is 1. The molecule has 0 unspecified atom stereocenters. The fourth-order valence-electron chi connectivity index (χ4n) is 1.60. The first kappa shape index (κ1) is 15.0. The van der Waals surface area contributed by atoms with E-state index in [4.69, 9.17) is 9.84 Å². The van der Waals surface area contributed by atoms with E-state index in [1.54, 1.807) is 38.1 Å². The van der Waals surface area contributed by atoms with Crippen molar-refractivity contribution in [3.8, 4) is 5.75 Å². The molecule has 1 rings (SSSR count). The van der Waals surface area contributed by atoms with Gasteiger partial charge in [-0.1, -0.05) is 0 Å². The molecule has 0 saturated carbocycles. The van der Waals surface area contributed by atoms with Crippen LogP contribution in [-0.2, 0) is 4.79 Å². The Morgan fingerprint density at radius 1 is 1.32 bits per heavy atom. The minimum absolute atomic E-state index is 0.0704. The number of amides is 1. The Bertz CT molecular complexity index is 469. The second-order valence-electron chi connectivity index (χ2n) is 4.52. The van der Waals surface area contributed by atoms with Crippen LogP contribution in [0.4, 0.5) is 0 Å². The van der Waals surface area contributed by atoms with Crippen LogP contribution in [0.5, 0.6) is 5.75 Å². The molecule has 5 nitrogen and oxygen atoms in total. The molecule has 0 atom stereocenters. The number of carbonyl (C=O) groups is 2. The molecule has 0 saturated heterocycles. The van der Waals surface area contributed by atoms with Gasteiger partial charge in [-0.15, -0.1) is 0 Å². The van der Waals surface area contributed by atoms with Gasteiger partial charge in [0.2, 0.25) is 5.91 Å². The number of aryl methyl sites for hydroxylation is 1. The minimum Gasteiger partial charge on any atom is -0.494 e. The topological polar surface area (TPSA) is 66.8 Å². The number of nitrogens with zero attached hydrogens (tertiary/aromatic N) is 1. The molecular weight excluding hydrogens is 246 g/mol. The minimum atomic E-state index is -0.944. The zero-order valence-corrected chi connectivity index (χ0v) is 11.5. The van der Waals surface area contributed by atoms with Gasteiger partial charge in [-0.25, -0.2) is 4.79 Å². The predicted molar refractivity (Wildman–Crippen MR) is 71.6 cm³/mol. The van der Waals surface area contributed by atoms with Crippen molar-refractivity contribution in [1.82, 2.24) is 4.90 Å². The van der Waals surface area contributed by atoms with Gasteiger partial charge in [0.15, 0.2) is 0 Å². The average Bonchev–Trinajstić information content (AvgIpc) is 2.33. The fourth-order valence-corrected chi connectivity index (χ4v) is 1.60. The Kier molecular flexibility index (Phi) is 5.36. The number of carboxylic acid groups (broad SMARTS) is 1. The molecule has 5 heteroatoms. The lowest BCUT2D eigenvalue weighted by Crippen LogP contribution is -2.21. The zero-order valence-electron chi connectivity index (χ0n) is 11.5. The van der Waals surface area contributed by atoms with E-state index in [0.717, 1.165) is 0 Å². The molecule has 0 spiro atoms. The normalized spacial score (nSPS) is 10.1. The van der Waals surface area contributed by atoms with Crippen LogP contribution in [-0.4, -0.2) is 42.6 Å². The second kappa shape index (κ2) is 6.78. The van der Waals surface area contributed by atoms with Crippen molar-refractivity contribution in [2.75, 3.05) is 20.7 Å². The monoisotopic (exact) mass is 265 g/mol. The molecule has 1 amide bonds. The number of hydrogen-bond acceptors (Lipinski definition) is 3. The Hall–Kier alpha value is -2.04. The lowest BCUT2D eigenvalue weighted by atomic mass is 10.1. The van der Waals surface area contributed by atoms with Gasteiger partial charge in [0.05, 0.1) is 12.2 Å². The van der Waals surface area contributed by atoms with Crippen LogP contribution in [0.25, 0.3) is 0 Å². The van der Waals surface area contributed by atoms with Crippen LogP contribution in [0, 0.1) is 6.92 Å². The largest absolute Gasteiger partial charge is 0.494 e. The second-order valence-corrected chi connectivity index (χ2v) is 4.52. The molecule has 1 aromatic carbocycles. The number of rotatable bonds is 6. The third-order valence-electron chi connectivity index (χ3n) is 2.73. The van der Waals surface area contributed by atoms with Crippen molar-refractivity contribution in [2.24, 2.45) is 0 Å². The number of hydrogen-bond donors (Lipinski definition) is 1. The standard InChI is InChI=1S/C14H19NO4/c1-10-9-11(6-7-12(10)14(17)18)19-8-4-5-13(16)15(2)3/h6-7,9H,4-5,8H2,1-3H3,(H,17,18). The number of ether oxygens (including phenoxy) is 1. The first-order valence-electron chi connectivity index (χ1n) is 6.08. The highest BCUT2D eigenvalue weighted by Gasteiger charge is 2.08. The summed E-state index contributed by atoms with van der Waals surface area (Å²) >= 11 is 0. The Morgan fingerprint density at radius 2 is 2.00 bits per heavy atom. The third kappa shape index (κ3) is 4.62. The van der Waals surface area contributed by atoms with Crippen LogP contribution in [0.1, 0.15) is 28.8 Å². The first-order valence-corrected chi connectivity index (χ1v) is 6.08. The van der Waals surface area contributed by atoms with Gasteiger partial charge in [-0.2, -0.15) is 0 Å². The highest BCUT2D eigenvalue weighted by molar-refractivity contribution is 5.89. The lowest BCUT2D eigenvalue weighted by Gasteiger charge is -2.11. The quantitative estimate of drug-likeness (QED) is 0.798. The molecule has 0 aliphatic carbocycles. The highest BCUT2D eigenvalue weighted by Crippen LogP contribution is 2.17. The van der Waals surface area contributed by atoms with E-state index in [-0.39, 0.29) is 11.5 Å². The molecule has 104 valence electrons. The molecule has 0 bridgehead atoms. The van der Waals surface area contributed by atoms with E-state index >= 15 is 0 Å². The summed E-state index contributed by atoms with van der Waals surface area (Å²) in [6.45, 7) is 2.16. The summed E-state index contributed by atoms with van der Waals surface area (Å²) in [5.41, 5.74) is 0.935. The van der Waals surface area contributed by atoms with Gasteiger partial charge in [0, 0.05) is 20.5 Å². The number of aromatic carboxylic acids is 1. The van der Waals surface area contributed by atoms with Crippen LogP contribution < -0.4 is 4.74 Å². The van der Waals surface area contributed by atoms with Crippen LogP contribution in [0.2, 0.25) is 0 Å². The van der Waals surface area contributed by atoms with E-state index < -0.39 is 5.97 Å². The number of carbonyl (C=O) groups excluding carboxylic acids is 1. The molecular formula is C14H19NO4. The van der Waals surface area contributed by atoms with Gasteiger partial charge in [0.1, 0.15) is 5.75 Å². The van der Waals surface area contributed by atoms with Crippen molar-refractivity contribution in [2.45, 2.75) is 19.8 Å². The van der Waals surface area contributed by atoms with E-state index in [1.165, 1.54) is 6.07 Å². The van der Waals surface area contributed by atoms with Gasteiger partial charge in [0.25, 0.3) is 0 Å². The fraction of sp³-hybridized carbons (Fsp3) is 0.429. The Balaban J connectivity index is 2.44. The van der Waals surface area contributed by atoms with Crippen LogP contribution >= 0.6 is 0 Å². The molecule has 0 aliphatic rings. The van der Waals surface area contributed by atoms with E-state index in [2.05, 4.69) is 0 Å². The molecule has 0 fully saturated rings. The summed E-state index contributed by atoms with van der Waals surface area (Å²) in [7, 11) is 3.44. The van der Waals surface area contributed by atoms with Crippen molar-refractivity contribution in [3.63, 3.8) is 0 Å². The van der Waals surface area contributed by atoms with Gasteiger partial charge >= 0.3 is 5.97 Å². The third-order valence-corrected chi connectivity index (χ3v) is 2.73. The summed E-state index contributed by atoms with van der Waals surface area (Å²) in [4.78, 5) is 23.7. The van der Waals surface area contributed by atoms with E-state index in [0.29, 0.717) is 30.8 Å². The SMILES string of the molecule is Cc1cc(OCCCC(=O)N(C)C)ccc1C(=O)O. The van der Waals surface area contributed by atoms with E-state index in [1.807, 2.05) is 0 Å². The van der Waals surface area contributed by atoms with Gasteiger partial charge in [-0.3, -0.25) is 4.79 Å². The molecule has 1 N–H and O–H groups in total. The summed E-state index contributed by atoms with van der Waals surface area (Å²) < 4.78 is 5.49. The predicted octanol–water partition coefficient (Wildman–Crippen LogP) is 1.94. The van der Waals surface area contributed by atoms with Crippen LogP contribution in [0.3, 0.4) is 0 Å². The van der Waals surface area contributed by atoms with Gasteiger partial charge < -0.3 is 14.7 Å². The Labute approximate surface area is 112 Å². The van der Waals surface area contributed by atoms with Crippen molar-refractivity contribution < 1.29 is 19.4 Å². The smallest absolute Gasteiger partial charge is 0.335 e.